The predicted molar refractivity (Wildman–Crippen MR) is 198 cm³/mol. The van der Waals surface area contributed by atoms with E-state index in [0.29, 0.717) is 18.6 Å². The summed E-state index contributed by atoms with van der Waals surface area (Å²) >= 11 is 2.04. The molecule has 1 saturated heterocycles. The number of nitrogens with zero attached hydrogens (tertiary/aromatic N) is 2. The molecule has 14 heteroatoms. The van der Waals surface area contributed by atoms with Crippen LogP contribution in [-0.2, 0) is 24.9 Å². The van der Waals surface area contributed by atoms with Gasteiger partial charge in [-0.3, -0.25) is 24.5 Å². The molecule has 2 aromatic rings. The van der Waals surface area contributed by atoms with Crippen molar-refractivity contribution in [2.45, 2.75) is 136 Å². The lowest BCUT2D eigenvalue weighted by Crippen LogP contribution is -2.48. The van der Waals surface area contributed by atoms with Crippen LogP contribution in [-0.4, -0.2) is 49.9 Å². The highest BCUT2D eigenvalue weighted by Gasteiger charge is 2.47. The molecule has 264 valence electrons. The molecular weight excluding hydrogens is 749 g/mol. The number of aromatic nitrogens is 2. The largest absolute Gasteiger partial charge is 0.414 e. The lowest BCUT2D eigenvalue weighted by Gasteiger charge is -2.40. The molecule has 1 N–H and O–H groups in total. The van der Waals surface area contributed by atoms with Crippen molar-refractivity contribution in [2.24, 2.45) is 5.41 Å². The second-order valence-electron chi connectivity index (χ2n) is 16.7. The average molecular weight is 804 g/mol. The molecule has 0 spiro atoms. The van der Waals surface area contributed by atoms with Crippen LogP contribution in [0.1, 0.15) is 92.2 Å². The fraction of sp³-hybridized carbons (Fsp3) is 0.697. The summed E-state index contributed by atoms with van der Waals surface area (Å²) in [6.45, 7) is 27.8. The summed E-state index contributed by atoms with van der Waals surface area (Å²) in [5.74, 6) is 0. The third-order valence-corrected chi connectivity index (χ3v) is 19.5. The van der Waals surface area contributed by atoms with Crippen molar-refractivity contribution in [3.8, 4) is 0 Å². The molecule has 4 atom stereocenters. The zero-order valence-electron chi connectivity index (χ0n) is 30.3. The first-order valence-corrected chi connectivity index (χ1v) is 23.0. The van der Waals surface area contributed by atoms with Crippen LogP contribution in [0, 0.1) is 19.1 Å². The van der Waals surface area contributed by atoms with Gasteiger partial charge in [0.2, 0.25) is 0 Å². The number of H-pyrrole nitrogens is 1. The van der Waals surface area contributed by atoms with E-state index in [9.17, 15) is 19.7 Å². The highest BCUT2D eigenvalue weighted by molar-refractivity contribution is 14.1. The molecule has 0 radical (unpaired) electrons. The predicted octanol–water partition coefficient (Wildman–Crippen LogP) is 8.05. The highest BCUT2D eigenvalue weighted by atomic mass is 127. The van der Waals surface area contributed by atoms with Gasteiger partial charge in [0.25, 0.3) is 11.2 Å². The number of benzene rings is 1. The van der Waals surface area contributed by atoms with E-state index in [0.717, 1.165) is 3.57 Å². The van der Waals surface area contributed by atoms with Gasteiger partial charge in [-0.25, -0.2) is 4.79 Å². The number of rotatable bonds is 11. The Kier molecular flexibility index (Phi) is 12.1. The molecule has 0 unspecified atom stereocenters. The summed E-state index contributed by atoms with van der Waals surface area (Å²) in [4.78, 5) is 40.2. The third-order valence-electron chi connectivity index (χ3n) is 9.86. The molecule has 0 bridgehead atoms. The molecule has 1 fully saturated rings. The normalized spacial score (nSPS) is 20.4. The van der Waals surface area contributed by atoms with E-state index in [1.807, 2.05) is 43.4 Å². The van der Waals surface area contributed by atoms with Gasteiger partial charge in [0, 0.05) is 22.3 Å². The standard InChI is InChI=1S/C33H54IN3O8Si2/c1-31(2,3)28(23-15-14-22(34)16-24(23)37(40)41)42-19-21-18-36(30(39)35-29(21)38)27-17-25(45-47(12,13)33(7,8)9)26(44-27)20-43-46(10,11)32(4,5)6/h14-16,18,25-28H,17,19-20H2,1-13H3,(H,35,38,39)/t25-,26-,27-,28+/m1/s1. The minimum atomic E-state index is -2.22. The Morgan fingerprint density at radius 2 is 1.64 bits per heavy atom. The maximum Gasteiger partial charge on any atom is 0.330 e. The summed E-state index contributed by atoms with van der Waals surface area (Å²) < 4.78 is 28.4. The van der Waals surface area contributed by atoms with Crippen molar-refractivity contribution < 1.29 is 23.2 Å². The molecular formula is C33H54IN3O8Si2. The van der Waals surface area contributed by atoms with E-state index >= 15 is 0 Å². The van der Waals surface area contributed by atoms with Crippen molar-refractivity contribution in [3.63, 3.8) is 0 Å². The van der Waals surface area contributed by atoms with E-state index in [4.69, 9.17) is 18.3 Å². The van der Waals surface area contributed by atoms with Crippen molar-refractivity contribution in [3.05, 3.63) is 70.0 Å². The van der Waals surface area contributed by atoms with Crippen LogP contribution in [0.2, 0.25) is 36.3 Å². The monoisotopic (exact) mass is 803 g/mol. The first-order chi connectivity index (χ1) is 21.2. The number of hydrogen-bond donors (Lipinski definition) is 1. The van der Waals surface area contributed by atoms with Gasteiger partial charge >= 0.3 is 5.69 Å². The van der Waals surface area contributed by atoms with Crippen LogP contribution in [0.4, 0.5) is 5.69 Å². The average Bonchev–Trinajstić information content (AvgIpc) is 3.28. The molecule has 1 aromatic carbocycles. The quantitative estimate of drug-likeness (QED) is 0.104. The Morgan fingerprint density at radius 3 is 2.17 bits per heavy atom. The summed E-state index contributed by atoms with van der Waals surface area (Å²) in [5, 5.41) is 11.9. The van der Waals surface area contributed by atoms with E-state index in [2.05, 4.69) is 72.7 Å². The topological polar surface area (TPSA) is 135 Å². The fourth-order valence-electron chi connectivity index (χ4n) is 4.93. The van der Waals surface area contributed by atoms with Crippen LogP contribution in [0.25, 0.3) is 0 Å². The zero-order chi connectivity index (χ0) is 35.9. The minimum Gasteiger partial charge on any atom is -0.414 e. The van der Waals surface area contributed by atoms with E-state index in [-0.39, 0.29) is 34.0 Å². The molecule has 0 amide bonds. The number of nitro groups is 1. The van der Waals surface area contributed by atoms with Crippen molar-refractivity contribution in [1.82, 2.24) is 9.55 Å². The summed E-state index contributed by atoms with van der Waals surface area (Å²) in [6.07, 6.45) is -0.236. The molecule has 0 aliphatic carbocycles. The van der Waals surface area contributed by atoms with E-state index < -0.39 is 56.7 Å². The maximum atomic E-state index is 13.2. The molecule has 1 aliphatic heterocycles. The van der Waals surface area contributed by atoms with Crippen LogP contribution < -0.4 is 11.2 Å². The van der Waals surface area contributed by atoms with E-state index in [1.54, 1.807) is 12.1 Å². The number of halogens is 1. The first-order valence-electron chi connectivity index (χ1n) is 16.1. The zero-order valence-corrected chi connectivity index (χ0v) is 34.4. The van der Waals surface area contributed by atoms with Gasteiger partial charge in [0.15, 0.2) is 16.6 Å². The lowest BCUT2D eigenvalue weighted by atomic mass is 9.84. The lowest BCUT2D eigenvalue weighted by molar-refractivity contribution is -0.386. The van der Waals surface area contributed by atoms with Gasteiger partial charge in [-0.1, -0.05) is 62.3 Å². The first kappa shape index (κ1) is 39.7. The van der Waals surface area contributed by atoms with Gasteiger partial charge in [0.05, 0.1) is 41.5 Å². The SMILES string of the molecule is CC(C)(C)[C@@H](OCc1cn([C@H]2C[C@@H](O[Si](C)(C)C(C)(C)C)[C@@H](CO[Si](C)(C)C(C)(C)C)O2)c(=O)[nH]c1=O)c1ccc(I)cc1[N+](=O)[O-]. The van der Waals surface area contributed by atoms with Crippen molar-refractivity contribution >= 4 is 44.9 Å². The summed E-state index contributed by atoms with van der Waals surface area (Å²) in [7, 11) is -4.32. The molecule has 47 heavy (non-hydrogen) atoms. The van der Waals surface area contributed by atoms with Crippen molar-refractivity contribution in [1.29, 1.82) is 0 Å². The maximum absolute atomic E-state index is 13.2. The van der Waals surface area contributed by atoms with Gasteiger partial charge < -0.3 is 18.3 Å². The van der Waals surface area contributed by atoms with E-state index in [1.165, 1.54) is 16.8 Å². The summed E-state index contributed by atoms with van der Waals surface area (Å²) in [6, 6.07) is 5.00. The Labute approximate surface area is 294 Å². The highest BCUT2D eigenvalue weighted by Crippen LogP contribution is 2.43. The molecule has 0 saturated carbocycles. The van der Waals surface area contributed by atoms with Gasteiger partial charge in [-0.05, 0) is 76.4 Å². The number of ether oxygens (including phenoxy) is 2. The van der Waals surface area contributed by atoms with Gasteiger partial charge in [-0.2, -0.15) is 0 Å². The molecule has 1 aliphatic rings. The fourth-order valence-corrected chi connectivity index (χ4v) is 7.77. The molecule has 1 aromatic heterocycles. The molecule has 11 nitrogen and oxygen atoms in total. The second-order valence-corrected chi connectivity index (χ2v) is 27.5. The van der Waals surface area contributed by atoms with Crippen LogP contribution in [0.15, 0.2) is 34.0 Å². The molecule has 3 rings (SSSR count). The Balaban J connectivity index is 1.95. The number of nitrogens with one attached hydrogen (secondary N) is 1. The Bertz CT molecular complexity index is 1550. The van der Waals surface area contributed by atoms with Gasteiger partial charge in [0.1, 0.15) is 12.3 Å². The minimum absolute atomic E-state index is 0.00902. The number of aromatic amines is 1. The second kappa shape index (κ2) is 14.3. The molecule has 2 heterocycles. The van der Waals surface area contributed by atoms with Crippen LogP contribution in [0.5, 0.6) is 0 Å². The Hall–Kier alpha value is -1.70. The van der Waals surface area contributed by atoms with Crippen LogP contribution in [0.3, 0.4) is 0 Å². The third kappa shape index (κ3) is 9.51. The van der Waals surface area contributed by atoms with Gasteiger partial charge in [-0.15, -0.1) is 0 Å². The number of hydrogen-bond acceptors (Lipinski definition) is 8. The van der Waals surface area contributed by atoms with Crippen molar-refractivity contribution in [2.75, 3.05) is 6.61 Å². The van der Waals surface area contributed by atoms with Crippen LogP contribution >= 0.6 is 22.6 Å². The smallest absolute Gasteiger partial charge is 0.330 e. The number of nitro benzene ring substituents is 1. The Morgan fingerprint density at radius 1 is 1.04 bits per heavy atom. The summed E-state index contributed by atoms with van der Waals surface area (Å²) in [5.41, 5.74) is -1.14.